The van der Waals surface area contributed by atoms with E-state index in [2.05, 4.69) is 13.6 Å². The second kappa shape index (κ2) is 5.16. The molecule has 0 rings (SSSR count). The molecule has 0 aromatic rings. The van der Waals surface area contributed by atoms with Gasteiger partial charge in [-0.15, -0.1) is 0 Å². The van der Waals surface area contributed by atoms with Crippen LogP contribution < -0.4 is 0 Å². The fourth-order valence-electron chi connectivity index (χ4n) is 0.308. The Labute approximate surface area is 72.3 Å². The molecule has 0 saturated heterocycles. The first-order chi connectivity index (χ1) is 2.77. The predicted octanol–water partition coefficient (Wildman–Crippen LogP) is 1.97. The van der Waals surface area contributed by atoms with Crippen LogP contribution in [0.25, 0.3) is 0 Å². The number of hydrogen-bond acceptors (Lipinski definition) is 0. The summed E-state index contributed by atoms with van der Waals surface area (Å²) in [5.41, 5.74) is 0. The van der Waals surface area contributed by atoms with Crippen molar-refractivity contribution >= 4 is 1.35 Å². The van der Waals surface area contributed by atoms with E-state index in [1.807, 2.05) is 46.1 Å². The van der Waals surface area contributed by atoms with Gasteiger partial charge < -0.3 is 0 Å². The second-order valence-electron chi connectivity index (χ2n) is 1.33. The van der Waals surface area contributed by atoms with Gasteiger partial charge >= 0.3 is 73.7 Å². The molecule has 0 radical (unpaired) electrons. The third kappa shape index (κ3) is 6.01. The molecule has 0 saturated carbocycles. The average Bonchev–Trinajstić information content (AvgIpc) is 1.35. The van der Waals surface area contributed by atoms with Gasteiger partial charge in [0, 0.05) is 0 Å². The molecule has 0 fully saturated rings. The summed E-state index contributed by atoms with van der Waals surface area (Å²) in [4.78, 5) is 0. The summed E-state index contributed by atoms with van der Waals surface area (Å²) in [6.45, 7) is 4.59. The monoisotopic (exact) mass is 242 g/mol. The van der Waals surface area contributed by atoms with E-state index >= 15 is 0 Å². The molecule has 38 valence electrons. The third-order valence-electron chi connectivity index (χ3n) is 0.532. The van der Waals surface area contributed by atoms with Gasteiger partial charge in [0.15, 0.2) is 0 Å². The SMILES string of the molecule is CCC[P](C)[Eu]. The first kappa shape index (κ1) is 8.01. The van der Waals surface area contributed by atoms with Crippen LogP contribution in [0, 0.1) is 46.1 Å². The Hall–Kier alpha value is 2.01. The van der Waals surface area contributed by atoms with Crippen molar-refractivity contribution in [3.8, 4) is 0 Å². The fraction of sp³-hybridized carbons (Fsp3) is 1.00. The van der Waals surface area contributed by atoms with Gasteiger partial charge in [-0.1, -0.05) is 0 Å². The second-order valence-corrected chi connectivity index (χ2v) is 8.54. The van der Waals surface area contributed by atoms with Crippen LogP contribution in [0.1, 0.15) is 13.3 Å². The van der Waals surface area contributed by atoms with Crippen molar-refractivity contribution < 1.29 is 46.1 Å². The zero-order valence-corrected chi connectivity index (χ0v) is 7.56. The van der Waals surface area contributed by atoms with Crippen LogP contribution >= 0.6 is 1.35 Å². The van der Waals surface area contributed by atoms with Crippen molar-refractivity contribution in [3.63, 3.8) is 0 Å². The van der Waals surface area contributed by atoms with Crippen molar-refractivity contribution in [2.75, 3.05) is 12.8 Å². The Balaban J connectivity index is 2.63. The van der Waals surface area contributed by atoms with E-state index in [9.17, 15) is 0 Å². The summed E-state index contributed by atoms with van der Waals surface area (Å²) in [5, 5.41) is 0. The number of rotatable bonds is 2. The van der Waals surface area contributed by atoms with Crippen molar-refractivity contribution in [2.24, 2.45) is 0 Å². The van der Waals surface area contributed by atoms with Crippen molar-refractivity contribution in [1.82, 2.24) is 0 Å². The maximum atomic E-state index is 2.34. The molecule has 0 N–H and O–H groups in total. The quantitative estimate of drug-likeness (QED) is 0.648. The standard InChI is InChI=1S/C4H10P.Eu/c1-3-4-5-2;/h3-4H2,1-2H3;/q-1;+1. The molecule has 0 amide bonds. The molecule has 0 aromatic carbocycles. The molecule has 0 heterocycles. The van der Waals surface area contributed by atoms with Crippen molar-refractivity contribution in [3.05, 3.63) is 0 Å². The van der Waals surface area contributed by atoms with E-state index in [0.29, 0.717) is 1.35 Å². The first-order valence-electron chi connectivity index (χ1n) is 2.14. The molecule has 0 aliphatic rings. The van der Waals surface area contributed by atoms with Gasteiger partial charge in [-0.3, -0.25) is 0 Å². The van der Waals surface area contributed by atoms with Crippen LogP contribution in [-0.4, -0.2) is 12.8 Å². The first-order valence-corrected chi connectivity index (χ1v) is 7.26. The Morgan fingerprint density at radius 3 is 2.17 bits per heavy atom. The number of hydrogen-bond donors (Lipinski definition) is 0. The van der Waals surface area contributed by atoms with E-state index in [1.165, 1.54) is 12.6 Å². The molecule has 0 aliphatic carbocycles. The van der Waals surface area contributed by atoms with Gasteiger partial charge in [0.2, 0.25) is 0 Å². The molecule has 0 nitrogen and oxygen atoms in total. The molecular weight excluding hydrogens is 231 g/mol. The van der Waals surface area contributed by atoms with Crippen LogP contribution in [0.3, 0.4) is 0 Å². The van der Waals surface area contributed by atoms with Crippen molar-refractivity contribution in [2.45, 2.75) is 13.3 Å². The van der Waals surface area contributed by atoms with E-state index in [4.69, 9.17) is 0 Å². The minimum atomic E-state index is 0.455. The van der Waals surface area contributed by atoms with Gasteiger partial charge in [0.25, 0.3) is 0 Å². The summed E-state index contributed by atoms with van der Waals surface area (Å²) in [6.07, 6.45) is 2.84. The maximum absolute atomic E-state index is 2.34. The van der Waals surface area contributed by atoms with Gasteiger partial charge in [-0.2, -0.15) is 0 Å². The van der Waals surface area contributed by atoms with E-state index in [-0.39, 0.29) is 0 Å². The molecule has 0 bridgehead atoms. The van der Waals surface area contributed by atoms with E-state index in [0.717, 1.165) is 0 Å². The summed E-state index contributed by atoms with van der Waals surface area (Å²) in [7, 11) is 0. The Kier molecular flexibility index (Phi) is 6.89. The molecule has 6 heavy (non-hydrogen) atoms. The van der Waals surface area contributed by atoms with Gasteiger partial charge in [-0.05, 0) is 0 Å². The van der Waals surface area contributed by atoms with Crippen LogP contribution in [0.2, 0.25) is 0 Å². The molecule has 0 aliphatic heterocycles. The topological polar surface area (TPSA) is 0 Å². The normalized spacial score (nSPS) is 14.5. The third-order valence-corrected chi connectivity index (χ3v) is 3.22. The average molecular weight is 241 g/mol. The fourth-order valence-corrected chi connectivity index (χ4v) is 2.55. The zero-order valence-electron chi connectivity index (χ0n) is 4.24. The molecular formula is C4H10EuP. The molecule has 1 unspecified atom stereocenters. The van der Waals surface area contributed by atoms with Crippen molar-refractivity contribution in [1.29, 1.82) is 0 Å². The van der Waals surface area contributed by atoms with E-state index < -0.39 is 0 Å². The van der Waals surface area contributed by atoms with E-state index in [1.54, 1.807) is 0 Å². The zero-order chi connectivity index (χ0) is 4.99. The van der Waals surface area contributed by atoms with Gasteiger partial charge in [-0.25, -0.2) is 0 Å². The summed E-state index contributed by atoms with van der Waals surface area (Å²) >= 11 is 1.97. The summed E-state index contributed by atoms with van der Waals surface area (Å²) < 4.78 is 0.455. The van der Waals surface area contributed by atoms with Crippen LogP contribution in [0.4, 0.5) is 0 Å². The Morgan fingerprint density at radius 2 is 2.17 bits per heavy atom. The van der Waals surface area contributed by atoms with Crippen LogP contribution in [0.5, 0.6) is 0 Å². The van der Waals surface area contributed by atoms with Gasteiger partial charge in [0.1, 0.15) is 0 Å². The molecule has 0 aromatic heterocycles. The molecule has 1 atom stereocenters. The minimum absolute atomic E-state index is 0.455. The van der Waals surface area contributed by atoms with Gasteiger partial charge in [0.05, 0.1) is 0 Å². The summed E-state index contributed by atoms with van der Waals surface area (Å²) in [6, 6.07) is 0. The van der Waals surface area contributed by atoms with Crippen LogP contribution in [0.15, 0.2) is 0 Å². The molecule has 2 heteroatoms. The Morgan fingerprint density at radius 1 is 1.67 bits per heavy atom. The van der Waals surface area contributed by atoms with Crippen LogP contribution in [-0.2, 0) is 0 Å². The summed E-state index contributed by atoms with van der Waals surface area (Å²) in [5.74, 6) is 0. The predicted molar refractivity (Wildman–Crippen MR) is 28.0 cm³/mol. The Bertz CT molecular complexity index is 28.7. The molecule has 0 spiro atoms.